The van der Waals surface area contributed by atoms with Gasteiger partial charge >= 0.3 is 12.1 Å². The summed E-state index contributed by atoms with van der Waals surface area (Å²) < 4.78 is 35.6. The predicted molar refractivity (Wildman–Crippen MR) is 222 cm³/mol. The Morgan fingerprint density at radius 3 is 1.88 bits per heavy atom. The number of carbonyl (C=O) groups is 2. The fourth-order valence-electron chi connectivity index (χ4n) is 7.26. The summed E-state index contributed by atoms with van der Waals surface area (Å²) in [6.07, 6.45) is 4.05. The third-order valence-electron chi connectivity index (χ3n) is 9.94. The minimum atomic E-state index is -5.08. The number of alkyl halides is 3. The highest BCUT2D eigenvalue weighted by Gasteiger charge is 2.44. The summed E-state index contributed by atoms with van der Waals surface area (Å²) in [5.41, 5.74) is 7.56. The Labute approximate surface area is 341 Å². The van der Waals surface area contributed by atoms with Crippen LogP contribution in [0.15, 0.2) is 121 Å². The lowest BCUT2D eigenvalue weighted by atomic mass is 9.74. The van der Waals surface area contributed by atoms with Gasteiger partial charge in [0, 0.05) is 58.3 Å². The third kappa shape index (κ3) is 11.0. The molecule has 2 fully saturated rings. The Morgan fingerprint density at radius 2 is 1.43 bits per heavy atom. The van der Waals surface area contributed by atoms with Crippen molar-refractivity contribution < 1.29 is 33.0 Å². The molecular weight excluding hydrogens is 766 g/mol. The van der Waals surface area contributed by atoms with E-state index in [4.69, 9.17) is 9.90 Å². The molecule has 2 unspecified atom stereocenters. The van der Waals surface area contributed by atoms with Crippen LogP contribution in [0.5, 0.6) is 0 Å². The minimum absolute atomic E-state index is 0.189. The highest BCUT2D eigenvalue weighted by molar-refractivity contribution is 8.14. The largest absolute Gasteiger partial charge is 0.490 e. The molecule has 3 aromatic carbocycles. The second kappa shape index (κ2) is 19.9. The van der Waals surface area contributed by atoms with Crippen LogP contribution in [-0.2, 0) is 29.2 Å². The summed E-state index contributed by atoms with van der Waals surface area (Å²) in [5, 5.41) is 26.2. The van der Waals surface area contributed by atoms with Crippen molar-refractivity contribution in [2.45, 2.75) is 49.8 Å². The van der Waals surface area contributed by atoms with Crippen LogP contribution in [-0.4, -0.2) is 89.2 Å². The molecule has 58 heavy (non-hydrogen) atoms. The number of nitrogens with zero attached hydrogens (tertiary/aromatic N) is 5. The second-order valence-electron chi connectivity index (χ2n) is 14.1. The number of thioether (sulfide) groups is 1. The molecule has 2 aliphatic heterocycles. The van der Waals surface area contributed by atoms with Gasteiger partial charge < -0.3 is 20.1 Å². The molecule has 3 N–H and O–H groups in total. The molecule has 0 radical (unpaired) electrons. The number of carboxylic acid groups (broad SMARTS) is 1. The van der Waals surface area contributed by atoms with Crippen LogP contribution in [0.3, 0.4) is 0 Å². The van der Waals surface area contributed by atoms with Crippen molar-refractivity contribution in [3.63, 3.8) is 0 Å². The number of hydrogen-bond donors (Lipinski definition) is 3. The molecule has 306 valence electrons. The molecule has 0 aliphatic carbocycles. The fourth-order valence-corrected chi connectivity index (χ4v) is 8.20. The van der Waals surface area contributed by atoms with Gasteiger partial charge in [-0.25, -0.2) is 9.78 Å². The molecular formula is C44H49F3N6O4S. The number of nitrogens with one attached hydrogen (secondary N) is 1. The van der Waals surface area contributed by atoms with E-state index in [0.717, 1.165) is 48.8 Å². The Hall–Kier alpha value is -5.28. The van der Waals surface area contributed by atoms with E-state index in [1.165, 1.54) is 34.0 Å². The molecule has 2 saturated heterocycles. The summed E-state index contributed by atoms with van der Waals surface area (Å²) in [6.45, 7) is 6.88. The van der Waals surface area contributed by atoms with Gasteiger partial charge in [0.15, 0.2) is 5.12 Å². The van der Waals surface area contributed by atoms with E-state index in [2.05, 4.69) is 123 Å². The summed E-state index contributed by atoms with van der Waals surface area (Å²) in [4.78, 5) is 27.1. The first-order chi connectivity index (χ1) is 27.7. The Kier molecular flexibility index (Phi) is 15.1. The van der Waals surface area contributed by atoms with E-state index in [0.29, 0.717) is 18.2 Å². The van der Waals surface area contributed by atoms with Gasteiger partial charge in [0.2, 0.25) is 0 Å². The zero-order valence-electron chi connectivity index (χ0n) is 32.9. The Balaban J connectivity index is 0.000000214. The van der Waals surface area contributed by atoms with Crippen molar-refractivity contribution in [2.75, 3.05) is 26.2 Å². The normalized spacial score (nSPS) is 18.8. The van der Waals surface area contributed by atoms with Crippen LogP contribution in [0.4, 0.5) is 13.2 Å². The lowest BCUT2D eigenvalue weighted by Crippen LogP contribution is -2.52. The van der Waals surface area contributed by atoms with Gasteiger partial charge in [0.05, 0.1) is 23.0 Å². The lowest BCUT2D eigenvalue weighted by Gasteiger charge is -2.48. The van der Waals surface area contributed by atoms with Gasteiger partial charge in [-0.05, 0) is 72.4 Å². The number of benzene rings is 3. The number of carboxylic acids is 1. The molecule has 2 aliphatic rings. The number of aliphatic hydroxyl groups excluding tert-OH is 1. The maximum atomic E-state index is 11.3. The summed E-state index contributed by atoms with van der Waals surface area (Å²) in [7, 11) is 3.93. The number of imidazole rings is 1. The predicted octanol–water partition coefficient (Wildman–Crippen LogP) is 7.25. The molecule has 0 bridgehead atoms. The standard InChI is InChI=1S/C29H29N3O.C13H19N3OS.C2HF3O2/c1-31-20-18-30-28(31)21-23-22-32(19-17-27(23)33)29(24-11-5-2-6-12-24,25-13-7-3-8-14-25)26-15-9-4-10-16-26;1-9-6-12(16(3)15-9)7-11-8-14-5-4-13(11)18-10(2)17;3-2(4,5)1(6)7/h2-16,18,20-21,27,33H,17,19,22H2,1H3;6-7,13-14H,4-5,8H2,1-3H3;(H,6,7)/b23-21+;11-7+;. The number of aryl methyl sites for hydroxylation is 3. The van der Waals surface area contributed by atoms with Gasteiger partial charge in [0.25, 0.3) is 0 Å². The minimum Gasteiger partial charge on any atom is -0.475 e. The molecule has 0 amide bonds. The summed E-state index contributed by atoms with van der Waals surface area (Å²) >= 11 is 1.44. The van der Waals surface area contributed by atoms with E-state index in [1.807, 2.05) is 42.5 Å². The van der Waals surface area contributed by atoms with E-state index >= 15 is 0 Å². The van der Waals surface area contributed by atoms with Crippen LogP contribution in [0.25, 0.3) is 12.2 Å². The molecule has 0 spiro atoms. The number of rotatable bonds is 7. The zero-order chi connectivity index (χ0) is 41.9. The van der Waals surface area contributed by atoms with Gasteiger partial charge in [-0.2, -0.15) is 18.3 Å². The number of aromatic nitrogens is 4. The smallest absolute Gasteiger partial charge is 0.475 e. The number of carbonyl (C=O) groups excluding carboxylic acids is 1. The molecule has 7 rings (SSSR count). The molecule has 5 aromatic rings. The van der Waals surface area contributed by atoms with E-state index in [9.17, 15) is 23.1 Å². The monoisotopic (exact) mass is 814 g/mol. The van der Waals surface area contributed by atoms with Crippen molar-refractivity contribution in [2.24, 2.45) is 14.1 Å². The number of likely N-dealkylation sites (tertiary alicyclic amines) is 1. The van der Waals surface area contributed by atoms with E-state index in [-0.39, 0.29) is 5.12 Å². The maximum Gasteiger partial charge on any atom is 0.490 e. The zero-order valence-corrected chi connectivity index (χ0v) is 33.7. The lowest BCUT2D eigenvalue weighted by molar-refractivity contribution is -0.192. The van der Waals surface area contributed by atoms with Crippen LogP contribution < -0.4 is 5.32 Å². The van der Waals surface area contributed by atoms with Gasteiger partial charge in [0.1, 0.15) is 5.82 Å². The van der Waals surface area contributed by atoms with E-state index < -0.39 is 23.8 Å². The highest BCUT2D eigenvalue weighted by atomic mass is 32.2. The molecule has 2 atom stereocenters. The fraction of sp³-hybridized carbons (Fsp3) is 0.318. The molecule has 14 heteroatoms. The first-order valence-electron chi connectivity index (χ1n) is 18.9. The molecule has 2 aromatic heterocycles. The van der Waals surface area contributed by atoms with Crippen molar-refractivity contribution in [1.82, 2.24) is 29.5 Å². The third-order valence-corrected chi connectivity index (χ3v) is 11.1. The van der Waals surface area contributed by atoms with Crippen molar-refractivity contribution >= 4 is 35.0 Å². The quantitative estimate of drug-likeness (QED) is 0.146. The number of aliphatic carboxylic acids is 1. The van der Waals surface area contributed by atoms with Crippen LogP contribution in [0.1, 0.15) is 53.7 Å². The molecule has 4 heterocycles. The number of hydrogen-bond acceptors (Lipinski definition) is 8. The summed E-state index contributed by atoms with van der Waals surface area (Å²) in [5.74, 6) is -1.90. The number of halogens is 3. The second-order valence-corrected chi connectivity index (χ2v) is 15.4. The number of aliphatic hydroxyl groups is 1. The van der Waals surface area contributed by atoms with Crippen LogP contribution in [0, 0.1) is 6.92 Å². The number of piperidine rings is 2. The molecule has 0 saturated carbocycles. The SMILES string of the molecule is CC(=O)SC1CCNC/C1=C\c1cc(C)nn1C.Cn1ccnc1/C=C1\CN(C(c2ccccc2)(c2ccccc2)c2ccccc2)CCC1O.O=C(O)C(F)(F)F. The van der Waals surface area contributed by atoms with Crippen molar-refractivity contribution in [3.8, 4) is 0 Å². The average Bonchev–Trinajstić information content (AvgIpc) is 3.76. The van der Waals surface area contributed by atoms with Crippen molar-refractivity contribution in [1.29, 1.82) is 0 Å². The van der Waals surface area contributed by atoms with Crippen LogP contribution >= 0.6 is 11.8 Å². The Bertz CT molecular complexity index is 2070. The maximum absolute atomic E-state index is 11.3. The van der Waals surface area contributed by atoms with Gasteiger partial charge in [-0.3, -0.25) is 14.4 Å². The Morgan fingerprint density at radius 1 is 0.879 bits per heavy atom. The van der Waals surface area contributed by atoms with Crippen molar-refractivity contribution in [3.05, 3.63) is 155 Å². The first-order valence-corrected chi connectivity index (χ1v) is 19.7. The van der Waals surface area contributed by atoms with Gasteiger partial charge in [-0.1, -0.05) is 103 Å². The van der Waals surface area contributed by atoms with E-state index in [1.54, 1.807) is 13.1 Å². The average molecular weight is 815 g/mol. The first kappa shape index (κ1) is 43.8. The van der Waals surface area contributed by atoms with Gasteiger partial charge in [-0.15, -0.1) is 0 Å². The highest BCUT2D eigenvalue weighted by Crippen LogP contribution is 2.44. The topological polar surface area (TPSA) is 126 Å². The molecule has 10 nitrogen and oxygen atoms in total. The summed E-state index contributed by atoms with van der Waals surface area (Å²) in [6, 6.07) is 34.2. The van der Waals surface area contributed by atoms with Crippen LogP contribution in [0.2, 0.25) is 0 Å².